The molecule has 0 fully saturated rings. The zero-order valence-electron chi connectivity index (χ0n) is 11.2. The summed E-state index contributed by atoms with van der Waals surface area (Å²) in [6, 6.07) is 3.74. The topological polar surface area (TPSA) is 118 Å². The standard InChI is InChI=1S/C13H13N3O5/c1-2-8-6-14-11(21-8)7-15-13(18)9-4-3-5-10(12(9)17)16(19)20/h3-6,17H,2,7H2,1H3,(H,15,18). The maximum atomic E-state index is 11.9. The van der Waals surface area contributed by atoms with Crippen LogP contribution in [0.15, 0.2) is 28.8 Å². The molecule has 2 rings (SSSR count). The second kappa shape index (κ2) is 6.04. The van der Waals surface area contributed by atoms with E-state index in [9.17, 15) is 20.0 Å². The van der Waals surface area contributed by atoms with Crippen LogP contribution in [-0.4, -0.2) is 20.9 Å². The van der Waals surface area contributed by atoms with Gasteiger partial charge in [0.2, 0.25) is 11.6 Å². The molecule has 0 spiro atoms. The fourth-order valence-corrected chi connectivity index (χ4v) is 1.71. The number of phenolic OH excluding ortho intramolecular Hbond substituents is 1. The molecule has 0 radical (unpaired) electrons. The maximum Gasteiger partial charge on any atom is 0.311 e. The lowest BCUT2D eigenvalue weighted by Gasteiger charge is -2.05. The number of hydrogen-bond donors (Lipinski definition) is 2. The van der Waals surface area contributed by atoms with Crippen molar-refractivity contribution < 1.29 is 19.2 Å². The van der Waals surface area contributed by atoms with E-state index in [0.29, 0.717) is 18.1 Å². The molecule has 8 nitrogen and oxygen atoms in total. The number of aryl methyl sites for hydroxylation is 1. The van der Waals surface area contributed by atoms with E-state index in [1.54, 1.807) is 6.20 Å². The van der Waals surface area contributed by atoms with E-state index in [0.717, 1.165) is 6.07 Å². The first kappa shape index (κ1) is 14.5. The molecule has 0 atom stereocenters. The van der Waals surface area contributed by atoms with Crippen LogP contribution in [0.25, 0.3) is 0 Å². The number of carbonyl (C=O) groups is 1. The molecule has 1 amide bonds. The van der Waals surface area contributed by atoms with Gasteiger partial charge in [-0.05, 0) is 6.07 Å². The molecule has 1 aromatic carbocycles. The third kappa shape index (κ3) is 3.16. The van der Waals surface area contributed by atoms with Crippen molar-refractivity contribution in [1.82, 2.24) is 10.3 Å². The van der Waals surface area contributed by atoms with Gasteiger partial charge in [0.05, 0.1) is 23.2 Å². The minimum absolute atomic E-state index is 0.0287. The highest BCUT2D eigenvalue weighted by Gasteiger charge is 2.20. The molecule has 21 heavy (non-hydrogen) atoms. The highest BCUT2D eigenvalue weighted by molar-refractivity contribution is 5.97. The Morgan fingerprint density at radius 1 is 1.52 bits per heavy atom. The summed E-state index contributed by atoms with van der Waals surface area (Å²) in [6.45, 7) is 1.94. The molecule has 2 N–H and O–H groups in total. The first-order chi connectivity index (χ1) is 10.0. The molecular weight excluding hydrogens is 278 g/mol. The van der Waals surface area contributed by atoms with Crippen molar-refractivity contribution >= 4 is 11.6 Å². The molecule has 0 aliphatic rings. The van der Waals surface area contributed by atoms with Gasteiger partial charge in [-0.2, -0.15) is 0 Å². The number of rotatable bonds is 5. The van der Waals surface area contributed by atoms with Crippen LogP contribution in [0.1, 0.15) is 28.9 Å². The number of hydrogen-bond acceptors (Lipinski definition) is 6. The van der Waals surface area contributed by atoms with Crippen LogP contribution < -0.4 is 5.32 Å². The molecule has 0 aliphatic heterocycles. The Morgan fingerprint density at radius 3 is 2.90 bits per heavy atom. The van der Waals surface area contributed by atoms with Crippen LogP contribution in [0.4, 0.5) is 5.69 Å². The second-order valence-electron chi connectivity index (χ2n) is 4.19. The van der Waals surface area contributed by atoms with Crippen molar-refractivity contribution in [2.45, 2.75) is 19.9 Å². The number of para-hydroxylation sites is 1. The lowest BCUT2D eigenvalue weighted by molar-refractivity contribution is -0.385. The summed E-state index contributed by atoms with van der Waals surface area (Å²) < 4.78 is 5.31. The highest BCUT2D eigenvalue weighted by Crippen LogP contribution is 2.29. The second-order valence-corrected chi connectivity index (χ2v) is 4.19. The average Bonchev–Trinajstić information content (AvgIpc) is 2.92. The van der Waals surface area contributed by atoms with Crippen LogP contribution in [0.5, 0.6) is 5.75 Å². The van der Waals surface area contributed by atoms with Gasteiger partial charge in [0.15, 0.2) is 0 Å². The van der Waals surface area contributed by atoms with E-state index >= 15 is 0 Å². The predicted molar refractivity (Wildman–Crippen MR) is 71.8 cm³/mol. The fourth-order valence-electron chi connectivity index (χ4n) is 1.71. The summed E-state index contributed by atoms with van der Waals surface area (Å²) in [6.07, 6.45) is 2.25. The van der Waals surface area contributed by atoms with Gasteiger partial charge < -0.3 is 14.8 Å². The number of amides is 1. The molecule has 1 aromatic heterocycles. The number of oxazole rings is 1. The molecule has 0 saturated carbocycles. The van der Waals surface area contributed by atoms with Gasteiger partial charge in [-0.25, -0.2) is 4.98 Å². The minimum atomic E-state index is -0.756. The maximum absolute atomic E-state index is 11.9. The molecule has 110 valence electrons. The highest BCUT2D eigenvalue weighted by atomic mass is 16.6. The number of nitro groups is 1. The Bertz CT molecular complexity index is 680. The number of nitro benzene ring substituents is 1. The van der Waals surface area contributed by atoms with Crippen molar-refractivity contribution in [2.24, 2.45) is 0 Å². The third-order valence-electron chi connectivity index (χ3n) is 2.81. The number of phenols is 1. The molecule has 0 aliphatic carbocycles. The average molecular weight is 291 g/mol. The molecule has 1 heterocycles. The summed E-state index contributed by atoms with van der Waals surface area (Å²) in [5.74, 6) is -0.295. The van der Waals surface area contributed by atoms with Gasteiger partial charge in [-0.1, -0.05) is 13.0 Å². The van der Waals surface area contributed by atoms with Crippen molar-refractivity contribution in [1.29, 1.82) is 0 Å². The molecule has 0 bridgehead atoms. The quantitative estimate of drug-likeness (QED) is 0.640. The van der Waals surface area contributed by atoms with Crippen LogP contribution in [0.2, 0.25) is 0 Å². The number of aromatic hydroxyl groups is 1. The van der Waals surface area contributed by atoms with Crippen molar-refractivity contribution in [3.8, 4) is 5.75 Å². The third-order valence-corrected chi connectivity index (χ3v) is 2.81. The summed E-state index contributed by atoms with van der Waals surface area (Å²) in [4.78, 5) is 25.8. The van der Waals surface area contributed by atoms with Crippen molar-refractivity contribution in [3.05, 3.63) is 51.7 Å². The molecular formula is C13H13N3O5. The van der Waals surface area contributed by atoms with Crippen LogP contribution in [0.3, 0.4) is 0 Å². The lowest BCUT2D eigenvalue weighted by Crippen LogP contribution is -2.23. The minimum Gasteiger partial charge on any atom is -0.502 e. The number of aromatic nitrogens is 1. The lowest BCUT2D eigenvalue weighted by atomic mass is 10.1. The number of nitrogens with one attached hydrogen (secondary N) is 1. The van der Waals surface area contributed by atoms with Crippen molar-refractivity contribution in [3.63, 3.8) is 0 Å². The van der Waals surface area contributed by atoms with Gasteiger partial charge in [-0.3, -0.25) is 14.9 Å². The normalized spacial score (nSPS) is 10.3. The fraction of sp³-hybridized carbons (Fsp3) is 0.231. The van der Waals surface area contributed by atoms with E-state index in [2.05, 4.69) is 10.3 Å². The Kier molecular flexibility index (Phi) is 4.17. The SMILES string of the molecule is CCc1cnc(CNC(=O)c2cccc([N+](=O)[O-])c2O)o1. The first-order valence-electron chi connectivity index (χ1n) is 6.21. The van der Waals surface area contributed by atoms with E-state index in [1.807, 2.05) is 6.92 Å². The van der Waals surface area contributed by atoms with E-state index in [-0.39, 0.29) is 12.1 Å². The van der Waals surface area contributed by atoms with Crippen LogP contribution in [-0.2, 0) is 13.0 Å². The number of benzene rings is 1. The molecule has 2 aromatic rings. The van der Waals surface area contributed by atoms with Gasteiger partial charge >= 0.3 is 5.69 Å². The van der Waals surface area contributed by atoms with E-state index in [4.69, 9.17) is 4.42 Å². The van der Waals surface area contributed by atoms with Gasteiger partial charge in [0, 0.05) is 12.5 Å². The molecule has 8 heteroatoms. The summed E-state index contributed by atoms with van der Waals surface area (Å²) >= 11 is 0. The number of nitrogens with zero attached hydrogens (tertiary/aromatic N) is 2. The summed E-state index contributed by atoms with van der Waals surface area (Å²) in [5.41, 5.74) is -0.696. The largest absolute Gasteiger partial charge is 0.502 e. The predicted octanol–water partition coefficient (Wildman–Crippen LogP) is 1.78. The zero-order chi connectivity index (χ0) is 15.4. The Labute approximate surface area is 119 Å². The zero-order valence-corrected chi connectivity index (χ0v) is 11.2. The van der Waals surface area contributed by atoms with Crippen molar-refractivity contribution in [2.75, 3.05) is 0 Å². The van der Waals surface area contributed by atoms with Crippen LogP contribution >= 0.6 is 0 Å². The van der Waals surface area contributed by atoms with E-state index in [1.165, 1.54) is 12.1 Å². The molecule has 0 saturated heterocycles. The smallest absolute Gasteiger partial charge is 0.311 e. The van der Waals surface area contributed by atoms with Gasteiger partial charge in [-0.15, -0.1) is 0 Å². The van der Waals surface area contributed by atoms with E-state index < -0.39 is 22.3 Å². The molecule has 0 unspecified atom stereocenters. The van der Waals surface area contributed by atoms with Gasteiger partial charge in [0.1, 0.15) is 5.76 Å². The Morgan fingerprint density at radius 2 is 2.29 bits per heavy atom. The summed E-state index contributed by atoms with van der Waals surface area (Å²) in [5, 5.41) is 22.9. The monoisotopic (exact) mass is 291 g/mol. The summed E-state index contributed by atoms with van der Waals surface area (Å²) in [7, 11) is 0. The van der Waals surface area contributed by atoms with Crippen LogP contribution in [0, 0.1) is 10.1 Å². The Hall–Kier alpha value is -2.90. The Balaban J connectivity index is 2.10. The first-order valence-corrected chi connectivity index (χ1v) is 6.21. The van der Waals surface area contributed by atoms with Gasteiger partial charge in [0.25, 0.3) is 5.91 Å². The number of carbonyl (C=O) groups excluding carboxylic acids is 1.